The van der Waals surface area contributed by atoms with Crippen LogP contribution in [0.25, 0.3) is 0 Å². The Morgan fingerprint density at radius 3 is 2.77 bits per heavy atom. The highest BCUT2D eigenvalue weighted by molar-refractivity contribution is 7.80. The van der Waals surface area contributed by atoms with Crippen molar-refractivity contribution < 1.29 is 14.4 Å². The molecule has 0 bridgehead atoms. The number of aryl methyl sites for hydroxylation is 1. The van der Waals surface area contributed by atoms with E-state index in [1.54, 1.807) is 6.07 Å². The monoisotopic (exact) mass is 456 g/mol. The van der Waals surface area contributed by atoms with E-state index in [0.29, 0.717) is 35.2 Å². The molecule has 1 saturated heterocycles. The predicted octanol–water partition coefficient (Wildman–Crippen LogP) is 2.90. The van der Waals surface area contributed by atoms with E-state index in [9.17, 15) is 14.4 Å². The van der Waals surface area contributed by atoms with Crippen molar-refractivity contribution in [1.82, 2.24) is 15.5 Å². The van der Waals surface area contributed by atoms with Crippen molar-refractivity contribution in [3.05, 3.63) is 63.7 Å². The van der Waals surface area contributed by atoms with Crippen LogP contribution < -0.4 is 16.0 Å². The van der Waals surface area contributed by atoms with Crippen molar-refractivity contribution in [3.63, 3.8) is 0 Å². The van der Waals surface area contributed by atoms with Crippen LogP contribution in [0.3, 0.4) is 0 Å². The van der Waals surface area contributed by atoms with Gasteiger partial charge < -0.3 is 15.5 Å². The van der Waals surface area contributed by atoms with Crippen LogP contribution in [0.1, 0.15) is 39.9 Å². The first-order valence-corrected chi connectivity index (χ1v) is 10.7. The fourth-order valence-corrected chi connectivity index (χ4v) is 4.14. The molecule has 1 fully saturated rings. The number of nitrogens with one attached hydrogen (secondary N) is 3. The summed E-state index contributed by atoms with van der Waals surface area (Å²) in [6.07, 6.45) is 0.587. The summed E-state index contributed by atoms with van der Waals surface area (Å²) in [5.41, 5.74) is 4.20. The number of hydrogen-bond acceptors (Lipinski definition) is 4. The molecule has 9 heteroatoms. The molecular weight excluding hydrogens is 436 g/mol. The summed E-state index contributed by atoms with van der Waals surface area (Å²) in [7, 11) is 0. The highest BCUT2D eigenvalue weighted by Gasteiger charge is 2.38. The zero-order valence-corrected chi connectivity index (χ0v) is 18.4. The zero-order valence-electron chi connectivity index (χ0n) is 16.8. The van der Waals surface area contributed by atoms with Crippen LogP contribution in [0.4, 0.5) is 5.69 Å². The van der Waals surface area contributed by atoms with E-state index in [-0.39, 0.29) is 18.2 Å². The van der Waals surface area contributed by atoms with Gasteiger partial charge in [-0.05, 0) is 60.5 Å². The van der Waals surface area contributed by atoms with Gasteiger partial charge in [0.2, 0.25) is 11.8 Å². The molecular formula is C22H21ClN4O3S. The van der Waals surface area contributed by atoms with Crippen LogP contribution in [0.5, 0.6) is 0 Å². The fraction of sp³-hybridized carbons (Fsp3) is 0.273. The van der Waals surface area contributed by atoms with Gasteiger partial charge in [-0.3, -0.25) is 19.7 Å². The highest BCUT2D eigenvalue weighted by Crippen LogP contribution is 2.28. The third kappa shape index (κ3) is 4.55. The molecule has 7 nitrogen and oxygen atoms in total. The second-order valence-corrected chi connectivity index (χ2v) is 8.48. The van der Waals surface area contributed by atoms with Crippen molar-refractivity contribution in [1.29, 1.82) is 0 Å². The molecule has 160 valence electrons. The average Bonchev–Trinajstić information content (AvgIpc) is 3.05. The molecule has 0 radical (unpaired) electrons. The lowest BCUT2D eigenvalue weighted by atomic mass is 10.0. The minimum absolute atomic E-state index is 0.183. The maximum absolute atomic E-state index is 12.8. The van der Waals surface area contributed by atoms with Crippen molar-refractivity contribution >= 4 is 52.3 Å². The van der Waals surface area contributed by atoms with E-state index in [4.69, 9.17) is 23.8 Å². The van der Waals surface area contributed by atoms with Gasteiger partial charge in [-0.2, -0.15) is 0 Å². The molecule has 2 heterocycles. The summed E-state index contributed by atoms with van der Waals surface area (Å²) in [4.78, 5) is 37.8. The largest absolute Gasteiger partial charge is 0.358 e. The molecule has 1 atom stereocenters. The van der Waals surface area contributed by atoms with E-state index >= 15 is 0 Å². The van der Waals surface area contributed by atoms with Gasteiger partial charge >= 0.3 is 0 Å². The first-order chi connectivity index (χ1) is 14.8. The number of nitrogens with zero attached hydrogens (tertiary/aromatic N) is 1. The number of carbonyl (C=O) groups is 3. The first-order valence-electron chi connectivity index (χ1n) is 9.89. The van der Waals surface area contributed by atoms with Gasteiger partial charge in [0.25, 0.3) is 5.91 Å². The molecule has 0 saturated carbocycles. The van der Waals surface area contributed by atoms with E-state index in [2.05, 4.69) is 16.0 Å². The smallest absolute Gasteiger partial charge is 0.255 e. The van der Waals surface area contributed by atoms with Crippen molar-refractivity contribution in [2.45, 2.75) is 38.9 Å². The number of imide groups is 1. The molecule has 0 spiro atoms. The molecule has 31 heavy (non-hydrogen) atoms. The molecule has 2 aliphatic rings. The van der Waals surface area contributed by atoms with Crippen LogP contribution in [0, 0.1) is 6.92 Å². The zero-order chi connectivity index (χ0) is 22.1. The Morgan fingerprint density at radius 2 is 2.03 bits per heavy atom. The normalized spacial score (nSPS) is 17.9. The molecule has 0 aliphatic carbocycles. The SMILES string of the molecule is Cc1ccc(NC(=S)NCc2ccc3c(c2)CN(C2CCC(=O)NC2=O)C3=O)cc1Cl. The molecule has 2 aliphatic heterocycles. The maximum Gasteiger partial charge on any atom is 0.255 e. The molecule has 1 unspecified atom stereocenters. The number of piperidine rings is 1. The van der Waals surface area contributed by atoms with E-state index in [1.165, 1.54) is 4.90 Å². The molecule has 0 aromatic heterocycles. The summed E-state index contributed by atoms with van der Waals surface area (Å²) in [5, 5.41) is 9.68. The Bertz CT molecular complexity index is 1100. The molecule has 3 amide bonds. The number of carbonyl (C=O) groups excluding carboxylic acids is 3. The second kappa shape index (κ2) is 8.64. The molecule has 4 rings (SSSR count). The quantitative estimate of drug-likeness (QED) is 0.484. The molecule has 2 aromatic rings. The summed E-state index contributed by atoms with van der Waals surface area (Å²) >= 11 is 11.5. The summed E-state index contributed by atoms with van der Waals surface area (Å²) in [5.74, 6) is -0.888. The summed E-state index contributed by atoms with van der Waals surface area (Å²) in [6, 6.07) is 10.6. The number of rotatable bonds is 4. The lowest BCUT2D eigenvalue weighted by Gasteiger charge is -2.29. The van der Waals surface area contributed by atoms with Gasteiger partial charge in [0.05, 0.1) is 0 Å². The Balaban J connectivity index is 1.38. The Hall–Kier alpha value is -2.97. The van der Waals surface area contributed by atoms with Crippen LogP contribution in [0.15, 0.2) is 36.4 Å². The van der Waals surface area contributed by atoms with Crippen molar-refractivity contribution in [3.8, 4) is 0 Å². The predicted molar refractivity (Wildman–Crippen MR) is 122 cm³/mol. The van der Waals surface area contributed by atoms with Gasteiger partial charge in [0.1, 0.15) is 6.04 Å². The van der Waals surface area contributed by atoms with E-state index < -0.39 is 11.9 Å². The standard InChI is InChI=1S/C22H21ClN4O3S/c1-12-2-4-15(9-17(12)23)25-22(31)24-10-13-3-5-16-14(8-13)11-27(21(16)30)18-6-7-19(28)26-20(18)29/h2-5,8-9,18H,6-7,10-11H2,1H3,(H2,24,25,31)(H,26,28,29). The number of hydrogen-bond donors (Lipinski definition) is 3. The lowest BCUT2D eigenvalue weighted by Crippen LogP contribution is -2.52. The van der Waals surface area contributed by atoms with Crippen LogP contribution in [-0.4, -0.2) is 33.8 Å². The number of amides is 3. The number of fused-ring (bicyclic) bond motifs is 1. The van der Waals surface area contributed by atoms with Gasteiger partial charge in [-0.1, -0.05) is 29.8 Å². The topological polar surface area (TPSA) is 90.5 Å². The highest BCUT2D eigenvalue weighted by atomic mass is 35.5. The van der Waals surface area contributed by atoms with Gasteiger partial charge in [0, 0.05) is 35.8 Å². The minimum Gasteiger partial charge on any atom is -0.358 e. The maximum atomic E-state index is 12.8. The molecule has 2 aromatic carbocycles. The third-order valence-electron chi connectivity index (χ3n) is 5.47. The van der Waals surface area contributed by atoms with Crippen LogP contribution in [-0.2, 0) is 22.7 Å². The van der Waals surface area contributed by atoms with Crippen molar-refractivity contribution in [2.24, 2.45) is 0 Å². The van der Waals surface area contributed by atoms with Gasteiger partial charge in [-0.25, -0.2) is 0 Å². The van der Waals surface area contributed by atoms with Crippen LogP contribution >= 0.6 is 23.8 Å². The van der Waals surface area contributed by atoms with Crippen LogP contribution in [0.2, 0.25) is 5.02 Å². The summed E-state index contributed by atoms with van der Waals surface area (Å²) < 4.78 is 0. The third-order valence-corrected chi connectivity index (χ3v) is 6.12. The average molecular weight is 457 g/mol. The summed E-state index contributed by atoms with van der Waals surface area (Å²) in [6.45, 7) is 2.76. The number of benzene rings is 2. The van der Waals surface area contributed by atoms with Gasteiger partial charge in [0.15, 0.2) is 5.11 Å². The van der Waals surface area contributed by atoms with E-state index in [1.807, 2.05) is 37.3 Å². The number of anilines is 1. The Labute approximate surface area is 190 Å². The van der Waals surface area contributed by atoms with E-state index in [0.717, 1.165) is 22.4 Å². The Morgan fingerprint density at radius 1 is 1.23 bits per heavy atom. The first kappa shape index (κ1) is 21.3. The Kier molecular flexibility index (Phi) is 5.93. The number of halogens is 1. The van der Waals surface area contributed by atoms with Crippen molar-refractivity contribution in [2.75, 3.05) is 5.32 Å². The molecule has 3 N–H and O–H groups in total. The number of thiocarbonyl (C=S) groups is 1. The second-order valence-electron chi connectivity index (χ2n) is 7.66. The minimum atomic E-state index is -0.614. The van der Waals surface area contributed by atoms with Gasteiger partial charge in [-0.15, -0.1) is 0 Å². The fourth-order valence-electron chi connectivity index (χ4n) is 3.77. The lowest BCUT2D eigenvalue weighted by molar-refractivity contribution is -0.136.